The first-order valence-corrected chi connectivity index (χ1v) is 8.88. The van der Waals surface area contributed by atoms with Crippen molar-refractivity contribution in [1.82, 2.24) is 0 Å². The molecule has 0 amide bonds. The highest BCUT2D eigenvalue weighted by atomic mass is 16.3. The smallest absolute Gasteiger partial charge is 0.143 e. The van der Waals surface area contributed by atoms with E-state index in [0.29, 0.717) is 0 Å². The number of benzene rings is 4. The van der Waals surface area contributed by atoms with Crippen LogP contribution in [0, 0.1) is 6.92 Å². The van der Waals surface area contributed by atoms with E-state index in [1.807, 2.05) is 12.1 Å². The molecule has 0 N–H and O–H groups in total. The Balaban J connectivity index is 1.93. The number of para-hydroxylation sites is 1. The standard InChI is InChI=1S/C25H18O/c1-17-9-5-6-12-19(17)21-16-15-20(18-10-3-2-4-11-18)24-22-13-7-8-14-23(22)26-25(21)24/h2-16H,1H3. The molecule has 0 radical (unpaired) electrons. The number of rotatable bonds is 2. The second kappa shape index (κ2) is 5.89. The van der Waals surface area contributed by atoms with Gasteiger partial charge in [-0.2, -0.15) is 0 Å². The fourth-order valence-corrected chi connectivity index (χ4v) is 3.77. The van der Waals surface area contributed by atoms with Crippen LogP contribution in [0.25, 0.3) is 44.2 Å². The van der Waals surface area contributed by atoms with Crippen LogP contribution in [0.4, 0.5) is 0 Å². The molecule has 1 heteroatoms. The van der Waals surface area contributed by atoms with Gasteiger partial charge in [0, 0.05) is 16.3 Å². The van der Waals surface area contributed by atoms with Gasteiger partial charge in [-0.25, -0.2) is 0 Å². The summed E-state index contributed by atoms with van der Waals surface area (Å²) < 4.78 is 6.36. The van der Waals surface area contributed by atoms with E-state index in [0.717, 1.165) is 22.1 Å². The molecule has 0 fully saturated rings. The first-order valence-electron chi connectivity index (χ1n) is 8.88. The molecule has 1 heterocycles. The molecule has 1 aromatic heterocycles. The van der Waals surface area contributed by atoms with Gasteiger partial charge in [-0.3, -0.25) is 0 Å². The van der Waals surface area contributed by atoms with Crippen molar-refractivity contribution in [1.29, 1.82) is 0 Å². The Kier molecular flexibility index (Phi) is 3.39. The Morgan fingerprint density at radius 1 is 0.577 bits per heavy atom. The summed E-state index contributed by atoms with van der Waals surface area (Å²) in [5.74, 6) is 0. The van der Waals surface area contributed by atoms with Crippen molar-refractivity contribution in [2.75, 3.05) is 0 Å². The lowest BCUT2D eigenvalue weighted by atomic mass is 9.93. The molecule has 0 spiro atoms. The zero-order chi connectivity index (χ0) is 17.5. The third kappa shape index (κ3) is 2.25. The molecule has 1 nitrogen and oxygen atoms in total. The molecular weight excluding hydrogens is 316 g/mol. The second-order valence-electron chi connectivity index (χ2n) is 6.64. The van der Waals surface area contributed by atoms with Gasteiger partial charge in [-0.1, -0.05) is 78.9 Å². The topological polar surface area (TPSA) is 13.1 Å². The van der Waals surface area contributed by atoms with Crippen LogP contribution in [-0.4, -0.2) is 0 Å². The predicted octanol–water partition coefficient (Wildman–Crippen LogP) is 7.23. The summed E-state index contributed by atoms with van der Waals surface area (Å²) >= 11 is 0. The van der Waals surface area contributed by atoms with E-state index in [4.69, 9.17) is 4.42 Å². The minimum Gasteiger partial charge on any atom is -0.455 e. The summed E-state index contributed by atoms with van der Waals surface area (Å²) in [4.78, 5) is 0. The average molecular weight is 334 g/mol. The lowest BCUT2D eigenvalue weighted by Crippen LogP contribution is -1.86. The first-order chi connectivity index (χ1) is 12.8. The third-order valence-electron chi connectivity index (χ3n) is 5.05. The zero-order valence-electron chi connectivity index (χ0n) is 14.6. The minimum absolute atomic E-state index is 0.931. The summed E-state index contributed by atoms with van der Waals surface area (Å²) in [5.41, 5.74) is 7.93. The Morgan fingerprint density at radius 3 is 2.12 bits per heavy atom. The maximum absolute atomic E-state index is 6.36. The number of aryl methyl sites for hydroxylation is 1. The quantitative estimate of drug-likeness (QED) is 0.332. The van der Waals surface area contributed by atoms with E-state index in [9.17, 15) is 0 Å². The second-order valence-corrected chi connectivity index (χ2v) is 6.64. The molecule has 0 saturated heterocycles. The largest absolute Gasteiger partial charge is 0.455 e. The molecular formula is C25H18O. The van der Waals surface area contributed by atoms with Crippen molar-refractivity contribution in [3.63, 3.8) is 0 Å². The van der Waals surface area contributed by atoms with E-state index in [1.165, 1.54) is 27.6 Å². The third-order valence-corrected chi connectivity index (χ3v) is 5.05. The normalized spacial score (nSPS) is 11.3. The van der Waals surface area contributed by atoms with Gasteiger partial charge in [0.25, 0.3) is 0 Å². The molecule has 124 valence electrons. The summed E-state index contributed by atoms with van der Waals surface area (Å²) in [5, 5.41) is 2.35. The fraction of sp³-hybridized carbons (Fsp3) is 0.0400. The Morgan fingerprint density at radius 2 is 1.27 bits per heavy atom. The van der Waals surface area contributed by atoms with Gasteiger partial charge < -0.3 is 4.42 Å². The van der Waals surface area contributed by atoms with Crippen molar-refractivity contribution in [2.24, 2.45) is 0 Å². The van der Waals surface area contributed by atoms with Crippen LogP contribution in [-0.2, 0) is 0 Å². The van der Waals surface area contributed by atoms with Gasteiger partial charge in [0.2, 0.25) is 0 Å². The lowest BCUT2D eigenvalue weighted by molar-refractivity contribution is 0.670. The molecule has 26 heavy (non-hydrogen) atoms. The van der Waals surface area contributed by atoms with Gasteiger partial charge in [0.05, 0.1) is 0 Å². The SMILES string of the molecule is Cc1ccccc1-c1ccc(-c2ccccc2)c2c1oc1ccccc12. The Bertz CT molecular complexity index is 1230. The molecule has 5 aromatic rings. The van der Waals surface area contributed by atoms with Crippen LogP contribution in [0.3, 0.4) is 0 Å². The van der Waals surface area contributed by atoms with Gasteiger partial charge in [-0.15, -0.1) is 0 Å². The number of fused-ring (bicyclic) bond motifs is 3. The molecule has 0 bridgehead atoms. The van der Waals surface area contributed by atoms with Gasteiger partial charge >= 0.3 is 0 Å². The molecule has 0 aliphatic rings. The molecule has 0 aliphatic heterocycles. The highest BCUT2D eigenvalue weighted by molar-refractivity contribution is 6.16. The number of hydrogen-bond acceptors (Lipinski definition) is 1. The highest BCUT2D eigenvalue weighted by Gasteiger charge is 2.17. The van der Waals surface area contributed by atoms with E-state index in [2.05, 4.69) is 85.8 Å². The van der Waals surface area contributed by atoms with Crippen molar-refractivity contribution < 1.29 is 4.42 Å². The van der Waals surface area contributed by atoms with Crippen LogP contribution >= 0.6 is 0 Å². The van der Waals surface area contributed by atoms with Crippen LogP contribution in [0.1, 0.15) is 5.56 Å². The molecule has 0 atom stereocenters. The molecule has 0 aliphatic carbocycles. The minimum atomic E-state index is 0.931. The maximum atomic E-state index is 6.36. The van der Waals surface area contributed by atoms with E-state index in [-0.39, 0.29) is 0 Å². The monoisotopic (exact) mass is 334 g/mol. The summed E-state index contributed by atoms with van der Waals surface area (Å²) in [7, 11) is 0. The predicted molar refractivity (Wildman–Crippen MR) is 109 cm³/mol. The van der Waals surface area contributed by atoms with Gasteiger partial charge in [0.1, 0.15) is 11.2 Å². The maximum Gasteiger partial charge on any atom is 0.143 e. The first kappa shape index (κ1) is 15.0. The molecule has 0 saturated carbocycles. The van der Waals surface area contributed by atoms with Crippen molar-refractivity contribution in [3.8, 4) is 22.3 Å². The molecule has 5 rings (SSSR count). The highest BCUT2D eigenvalue weighted by Crippen LogP contribution is 2.42. The number of furan rings is 1. The van der Waals surface area contributed by atoms with E-state index in [1.54, 1.807) is 0 Å². The Labute approximate surface area is 152 Å². The fourth-order valence-electron chi connectivity index (χ4n) is 3.77. The molecule has 0 unspecified atom stereocenters. The summed E-state index contributed by atoms with van der Waals surface area (Å²) in [6.45, 7) is 2.15. The van der Waals surface area contributed by atoms with Gasteiger partial charge in [0.15, 0.2) is 0 Å². The summed E-state index contributed by atoms with van der Waals surface area (Å²) in [6.07, 6.45) is 0. The van der Waals surface area contributed by atoms with E-state index >= 15 is 0 Å². The summed E-state index contributed by atoms with van der Waals surface area (Å²) in [6, 6.07) is 31.7. The van der Waals surface area contributed by atoms with Crippen LogP contribution in [0.5, 0.6) is 0 Å². The Hall–Kier alpha value is -3.32. The lowest BCUT2D eigenvalue weighted by Gasteiger charge is -2.10. The number of hydrogen-bond donors (Lipinski definition) is 0. The molecule has 4 aromatic carbocycles. The van der Waals surface area contributed by atoms with Crippen LogP contribution in [0.2, 0.25) is 0 Å². The van der Waals surface area contributed by atoms with Crippen molar-refractivity contribution in [2.45, 2.75) is 6.92 Å². The van der Waals surface area contributed by atoms with Crippen LogP contribution in [0.15, 0.2) is 95.4 Å². The van der Waals surface area contributed by atoms with Crippen molar-refractivity contribution >= 4 is 21.9 Å². The van der Waals surface area contributed by atoms with E-state index < -0.39 is 0 Å². The van der Waals surface area contributed by atoms with Crippen molar-refractivity contribution in [3.05, 3.63) is 96.6 Å². The zero-order valence-corrected chi connectivity index (χ0v) is 14.6. The average Bonchev–Trinajstić information content (AvgIpc) is 3.08. The van der Waals surface area contributed by atoms with Crippen LogP contribution < -0.4 is 0 Å². The van der Waals surface area contributed by atoms with Gasteiger partial charge in [-0.05, 0) is 41.3 Å².